The van der Waals surface area contributed by atoms with Crippen molar-refractivity contribution in [2.24, 2.45) is 0 Å². The van der Waals surface area contributed by atoms with E-state index in [4.69, 9.17) is 0 Å². The second kappa shape index (κ2) is 6.39. The number of piperazine rings is 1. The summed E-state index contributed by atoms with van der Waals surface area (Å²) in [6.45, 7) is 2.59. The molecule has 2 heterocycles. The maximum absolute atomic E-state index is 13.1. The predicted octanol–water partition coefficient (Wildman–Crippen LogP) is 2.34. The van der Waals surface area contributed by atoms with Gasteiger partial charge in [-0.05, 0) is 34.1 Å². The molecule has 22 heavy (non-hydrogen) atoms. The first-order valence-electron chi connectivity index (χ1n) is 6.90. The van der Waals surface area contributed by atoms with E-state index in [1.165, 1.54) is 18.2 Å². The van der Waals surface area contributed by atoms with E-state index in [0.29, 0.717) is 36.2 Å². The monoisotopic (exact) mass is 364 g/mol. The average Bonchev–Trinajstić information content (AvgIpc) is 2.55. The minimum atomic E-state index is -0.365. The van der Waals surface area contributed by atoms with Crippen LogP contribution >= 0.6 is 15.9 Å². The van der Waals surface area contributed by atoms with Crippen LogP contribution < -0.4 is 4.90 Å². The molecule has 1 amide bonds. The summed E-state index contributed by atoms with van der Waals surface area (Å²) in [5.41, 5.74) is 0.481. The van der Waals surface area contributed by atoms with E-state index in [9.17, 15) is 9.18 Å². The van der Waals surface area contributed by atoms with Gasteiger partial charge in [0.1, 0.15) is 11.6 Å². The van der Waals surface area contributed by atoms with Gasteiger partial charge in [-0.15, -0.1) is 0 Å². The summed E-state index contributed by atoms with van der Waals surface area (Å²) in [5, 5.41) is 0. The van der Waals surface area contributed by atoms with E-state index in [1.54, 1.807) is 23.5 Å². The number of amides is 1. The Labute approximate surface area is 135 Å². The molecule has 0 spiro atoms. The fraction of sp³-hybridized carbons (Fsp3) is 0.267. The summed E-state index contributed by atoms with van der Waals surface area (Å²) in [4.78, 5) is 24.7. The van der Waals surface area contributed by atoms with Gasteiger partial charge in [-0.1, -0.05) is 0 Å². The van der Waals surface area contributed by atoms with Crippen LogP contribution in [0.5, 0.6) is 0 Å². The second-order valence-electron chi connectivity index (χ2n) is 4.97. The van der Waals surface area contributed by atoms with Gasteiger partial charge in [-0.2, -0.15) is 0 Å². The average molecular weight is 365 g/mol. The molecular weight excluding hydrogens is 351 g/mol. The van der Waals surface area contributed by atoms with Gasteiger partial charge in [0.15, 0.2) is 0 Å². The first kappa shape index (κ1) is 14.9. The Kier molecular flexibility index (Phi) is 4.33. The van der Waals surface area contributed by atoms with Crippen LogP contribution in [0.25, 0.3) is 0 Å². The quantitative estimate of drug-likeness (QED) is 0.820. The standard InChI is InChI=1S/C15H14BrFN4O/c16-13-9-11(17)1-2-12(13)15(22)21-7-5-20(6-8-21)14-10-18-3-4-19-14/h1-4,9-10H,5-8H2. The summed E-state index contributed by atoms with van der Waals surface area (Å²) >= 11 is 3.25. The number of hydrogen-bond acceptors (Lipinski definition) is 4. The number of benzene rings is 1. The summed E-state index contributed by atoms with van der Waals surface area (Å²) < 4.78 is 13.6. The van der Waals surface area contributed by atoms with E-state index in [2.05, 4.69) is 30.8 Å². The zero-order valence-corrected chi connectivity index (χ0v) is 13.3. The number of anilines is 1. The molecule has 1 saturated heterocycles. The third-order valence-electron chi connectivity index (χ3n) is 3.60. The summed E-state index contributed by atoms with van der Waals surface area (Å²) in [7, 11) is 0. The van der Waals surface area contributed by atoms with Crippen LogP contribution in [-0.2, 0) is 0 Å². The number of hydrogen-bond donors (Lipinski definition) is 0. The SMILES string of the molecule is O=C(c1ccc(F)cc1Br)N1CCN(c2cnccn2)CC1. The third kappa shape index (κ3) is 3.09. The number of halogens is 2. The van der Waals surface area contributed by atoms with Crippen molar-refractivity contribution in [1.29, 1.82) is 0 Å². The molecular formula is C15H14BrFN4O. The molecule has 114 valence electrons. The third-order valence-corrected chi connectivity index (χ3v) is 4.26. The predicted molar refractivity (Wildman–Crippen MR) is 84.2 cm³/mol. The molecule has 5 nitrogen and oxygen atoms in total. The summed E-state index contributed by atoms with van der Waals surface area (Å²) in [6.07, 6.45) is 5.01. The van der Waals surface area contributed by atoms with Crippen LogP contribution in [0.4, 0.5) is 10.2 Å². The Bertz CT molecular complexity index is 674. The first-order valence-corrected chi connectivity index (χ1v) is 7.70. The lowest BCUT2D eigenvalue weighted by Crippen LogP contribution is -2.49. The van der Waals surface area contributed by atoms with Gasteiger partial charge in [0.2, 0.25) is 0 Å². The van der Waals surface area contributed by atoms with E-state index in [-0.39, 0.29) is 11.7 Å². The minimum absolute atomic E-state index is 0.0920. The highest BCUT2D eigenvalue weighted by Crippen LogP contribution is 2.21. The molecule has 1 aromatic heterocycles. The molecule has 0 unspecified atom stereocenters. The van der Waals surface area contributed by atoms with Crippen LogP contribution in [0, 0.1) is 5.82 Å². The summed E-state index contributed by atoms with van der Waals surface area (Å²) in [5.74, 6) is 0.360. The van der Waals surface area contributed by atoms with Gasteiger partial charge in [-0.25, -0.2) is 9.37 Å². The van der Waals surface area contributed by atoms with E-state index < -0.39 is 0 Å². The van der Waals surface area contributed by atoms with Gasteiger partial charge < -0.3 is 9.80 Å². The van der Waals surface area contributed by atoms with E-state index in [0.717, 1.165) is 5.82 Å². The Balaban J connectivity index is 1.67. The van der Waals surface area contributed by atoms with E-state index >= 15 is 0 Å². The zero-order chi connectivity index (χ0) is 15.5. The number of aromatic nitrogens is 2. The Hall–Kier alpha value is -2.02. The van der Waals surface area contributed by atoms with Gasteiger partial charge in [0, 0.05) is 43.0 Å². The van der Waals surface area contributed by atoms with Crippen molar-refractivity contribution in [2.45, 2.75) is 0 Å². The van der Waals surface area contributed by atoms with Crippen molar-refractivity contribution in [2.75, 3.05) is 31.1 Å². The molecule has 2 aromatic rings. The maximum atomic E-state index is 13.1. The van der Waals surface area contributed by atoms with Crippen molar-refractivity contribution in [1.82, 2.24) is 14.9 Å². The van der Waals surface area contributed by atoms with Crippen LogP contribution in [0.2, 0.25) is 0 Å². The topological polar surface area (TPSA) is 49.3 Å². The number of carbonyl (C=O) groups excluding carboxylic acids is 1. The van der Waals surface area contributed by atoms with Crippen molar-refractivity contribution in [3.8, 4) is 0 Å². The first-order chi connectivity index (χ1) is 10.6. The van der Waals surface area contributed by atoms with Crippen molar-refractivity contribution in [3.05, 3.63) is 52.6 Å². The molecule has 0 bridgehead atoms. The lowest BCUT2D eigenvalue weighted by Gasteiger charge is -2.35. The number of rotatable bonds is 2. The molecule has 0 atom stereocenters. The zero-order valence-electron chi connectivity index (χ0n) is 11.7. The molecule has 3 rings (SSSR count). The highest BCUT2D eigenvalue weighted by molar-refractivity contribution is 9.10. The Morgan fingerprint density at radius 2 is 1.95 bits per heavy atom. The number of nitrogens with zero attached hydrogens (tertiary/aromatic N) is 4. The molecule has 1 aliphatic heterocycles. The lowest BCUT2D eigenvalue weighted by molar-refractivity contribution is 0.0745. The van der Waals surface area contributed by atoms with Crippen LogP contribution in [0.1, 0.15) is 10.4 Å². The van der Waals surface area contributed by atoms with Crippen LogP contribution in [0.3, 0.4) is 0 Å². The Morgan fingerprint density at radius 1 is 1.18 bits per heavy atom. The normalized spacial score (nSPS) is 15.0. The molecule has 0 N–H and O–H groups in total. The molecule has 1 fully saturated rings. The molecule has 1 aromatic carbocycles. The lowest BCUT2D eigenvalue weighted by atomic mass is 10.1. The smallest absolute Gasteiger partial charge is 0.255 e. The highest BCUT2D eigenvalue weighted by atomic mass is 79.9. The van der Waals surface area contributed by atoms with E-state index in [1.807, 2.05) is 0 Å². The second-order valence-corrected chi connectivity index (χ2v) is 5.82. The Morgan fingerprint density at radius 3 is 2.59 bits per heavy atom. The number of carbonyl (C=O) groups is 1. The summed E-state index contributed by atoms with van der Waals surface area (Å²) in [6, 6.07) is 4.12. The van der Waals surface area contributed by atoms with Crippen molar-refractivity contribution >= 4 is 27.7 Å². The van der Waals surface area contributed by atoms with Crippen LogP contribution in [-0.4, -0.2) is 47.0 Å². The maximum Gasteiger partial charge on any atom is 0.255 e. The fourth-order valence-corrected chi connectivity index (χ4v) is 2.95. The van der Waals surface area contributed by atoms with Gasteiger partial charge >= 0.3 is 0 Å². The largest absolute Gasteiger partial charge is 0.352 e. The fourth-order valence-electron chi connectivity index (χ4n) is 2.43. The van der Waals surface area contributed by atoms with Crippen molar-refractivity contribution in [3.63, 3.8) is 0 Å². The van der Waals surface area contributed by atoms with Gasteiger partial charge in [0.25, 0.3) is 5.91 Å². The highest BCUT2D eigenvalue weighted by Gasteiger charge is 2.24. The van der Waals surface area contributed by atoms with Gasteiger partial charge in [-0.3, -0.25) is 9.78 Å². The van der Waals surface area contributed by atoms with Gasteiger partial charge in [0.05, 0.1) is 11.8 Å². The molecule has 7 heteroatoms. The molecule has 1 aliphatic rings. The minimum Gasteiger partial charge on any atom is -0.352 e. The van der Waals surface area contributed by atoms with Crippen LogP contribution in [0.15, 0.2) is 41.3 Å². The molecule has 0 saturated carbocycles. The molecule has 0 aliphatic carbocycles. The van der Waals surface area contributed by atoms with Crippen molar-refractivity contribution < 1.29 is 9.18 Å². The molecule has 0 radical (unpaired) electrons.